The number of benzene rings is 1. The first-order valence-corrected chi connectivity index (χ1v) is 9.33. The molecule has 1 aromatic carbocycles. The Morgan fingerprint density at radius 3 is 2.30 bits per heavy atom. The first-order chi connectivity index (χ1) is 9.31. The zero-order valence-corrected chi connectivity index (χ0v) is 14.6. The number of nitrogen functional groups attached to an aromatic ring is 1. The molecule has 0 spiro atoms. The summed E-state index contributed by atoms with van der Waals surface area (Å²) in [7, 11) is -3.73. The Kier molecular flexibility index (Phi) is 5.12. The summed E-state index contributed by atoms with van der Waals surface area (Å²) < 4.78 is 28.3. The summed E-state index contributed by atoms with van der Waals surface area (Å²) in [4.78, 5) is 0.101. The summed E-state index contributed by atoms with van der Waals surface area (Å²) in [6.07, 6.45) is 2.47. The maximum Gasteiger partial charge on any atom is 0.243 e. The molecule has 2 rings (SSSR count). The van der Waals surface area contributed by atoms with Gasteiger partial charge in [0.1, 0.15) is 4.90 Å². The number of hydrogen-bond acceptors (Lipinski definition) is 4. The van der Waals surface area contributed by atoms with Crippen LogP contribution in [0.15, 0.2) is 26.0 Å². The molecule has 20 heavy (non-hydrogen) atoms. The number of aliphatic hydroxyl groups is 1. The van der Waals surface area contributed by atoms with E-state index in [1.165, 1.54) is 12.1 Å². The Morgan fingerprint density at radius 2 is 1.75 bits per heavy atom. The fourth-order valence-corrected chi connectivity index (χ4v) is 6.27. The monoisotopic (exact) mass is 426 g/mol. The average Bonchev–Trinajstić information content (AvgIpc) is 2.30. The summed E-state index contributed by atoms with van der Waals surface area (Å²) in [6.45, 7) is 0. The Hall–Kier alpha value is -0.150. The lowest BCUT2D eigenvalue weighted by Gasteiger charge is -2.28. The van der Waals surface area contributed by atoms with Gasteiger partial charge < -0.3 is 10.8 Å². The zero-order valence-electron chi connectivity index (χ0n) is 10.6. The van der Waals surface area contributed by atoms with Crippen molar-refractivity contribution >= 4 is 47.6 Å². The van der Waals surface area contributed by atoms with Crippen LogP contribution in [-0.4, -0.2) is 25.7 Å². The molecule has 1 aliphatic carbocycles. The molecule has 8 heteroatoms. The van der Waals surface area contributed by atoms with Gasteiger partial charge in [-0.15, -0.1) is 0 Å². The fraction of sp³-hybridized carbons (Fsp3) is 0.500. The second kappa shape index (κ2) is 6.31. The van der Waals surface area contributed by atoms with Crippen molar-refractivity contribution < 1.29 is 13.5 Å². The van der Waals surface area contributed by atoms with Gasteiger partial charge in [0.25, 0.3) is 0 Å². The number of nitrogens with one attached hydrogen (secondary N) is 1. The summed E-state index contributed by atoms with van der Waals surface area (Å²) in [5, 5.41) is 9.89. The maximum absolute atomic E-state index is 12.5. The van der Waals surface area contributed by atoms with E-state index >= 15 is 0 Å². The summed E-state index contributed by atoms with van der Waals surface area (Å²) in [5.74, 6) is 0. The van der Waals surface area contributed by atoms with E-state index in [2.05, 4.69) is 36.6 Å². The molecule has 1 aliphatic rings. The van der Waals surface area contributed by atoms with Crippen LogP contribution >= 0.6 is 31.9 Å². The normalized spacial score (nSPS) is 23.8. The molecule has 0 amide bonds. The first kappa shape index (κ1) is 16.2. The predicted molar refractivity (Wildman–Crippen MR) is 84.8 cm³/mol. The van der Waals surface area contributed by atoms with E-state index in [4.69, 9.17) is 5.73 Å². The summed E-state index contributed by atoms with van der Waals surface area (Å²) >= 11 is 6.44. The van der Waals surface area contributed by atoms with Crippen molar-refractivity contribution in [2.24, 2.45) is 0 Å². The van der Waals surface area contributed by atoms with Crippen molar-refractivity contribution in [1.29, 1.82) is 0 Å². The molecule has 1 fully saturated rings. The van der Waals surface area contributed by atoms with Crippen molar-refractivity contribution in [3.63, 3.8) is 0 Å². The van der Waals surface area contributed by atoms with Crippen LogP contribution in [0.25, 0.3) is 0 Å². The van der Waals surface area contributed by atoms with E-state index in [-0.39, 0.29) is 4.90 Å². The quantitative estimate of drug-likeness (QED) is 0.645. The van der Waals surface area contributed by atoms with Gasteiger partial charge in [0.05, 0.1) is 6.10 Å². The average molecular weight is 428 g/mol. The van der Waals surface area contributed by atoms with Gasteiger partial charge in [-0.25, -0.2) is 13.1 Å². The number of halogens is 2. The molecule has 0 radical (unpaired) electrons. The Bertz CT molecular complexity index is 584. The van der Waals surface area contributed by atoms with Gasteiger partial charge in [0, 0.05) is 20.7 Å². The van der Waals surface area contributed by atoms with Crippen LogP contribution in [-0.2, 0) is 10.0 Å². The molecule has 0 aromatic heterocycles. The number of sulfonamides is 1. The van der Waals surface area contributed by atoms with Gasteiger partial charge in [-0.05, 0) is 56.8 Å². The number of rotatable bonds is 3. The molecule has 0 saturated heterocycles. The Balaban J connectivity index is 2.31. The lowest BCUT2D eigenvalue weighted by Crippen LogP contribution is -2.45. The molecule has 2 atom stereocenters. The zero-order chi connectivity index (χ0) is 14.9. The lowest BCUT2D eigenvalue weighted by molar-refractivity contribution is 0.101. The molecule has 0 bridgehead atoms. The number of anilines is 1. The Labute approximate surface area is 135 Å². The van der Waals surface area contributed by atoms with Gasteiger partial charge in [-0.2, -0.15) is 0 Å². The standard InChI is InChI=1S/C12H16Br2N2O3S/c13-8-5-7(15)6-9(14)12(8)20(18,19)16-10-3-1-2-4-11(10)17/h5-6,10-11,16-17H,1-4,15H2. The molecule has 4 N–H and O–H groups in total. The molecular formula is C12H16Br2N2O3S. The van der Waals surface area contributed by atoms with E-state index < -0.39 is 22.2 Å². The summed E-state index contributed by atoms with van der Waals surface area (Å²) in [5.41, 5.74) is 6.12. The molecule has 112 valence electrons. The topological polar surface area (TPSA) is 92.4 Å². The van der Waals surface area contributed by atoms with E-state index in [0.717, 1.165) is 12.8 Å². The molecule has 1 saturated carbocycles. The molecule has 5 nitrogen and oxygen atoms in total. The second-order valence-electron chi connectivity index (χ2n) is 4.89. The van der Waals surface area contributed by atoms with Crippen LogP contribution in [0.4, 0.5) is 5.69 Å². The third kappa shape index (κ3) is 3.54. The van der Waals surface area contributed by atoms with Gasteiger partial charge in [0.2, 0.25) is 10.0 Å². The number of aliphatic hydroxyl groups excluding tert-OH is 1. The van der Waals surface area contributed by atoms with Crippen molar-refractivity contribution in [1.82, 2.24) is 4.72 Å². The minimum absolute atomic E-state index is 0.101. The van der Waals surface area contributed by atoms with Crippen molar-refractivity contribution in [3.8, 4) is 0 Å². The minimum Gasteiger partial charge on any atom is -0.399 e. The molecule has 0 aliphatic heterocycles. The van der Waals surface area contributed by atoms with Crippen molar-refractivity contribution in [3.05, 3.63) is 21.1 Å². The predicted octanol–water partition coefficient (Wildman–Crippen LogP) is 2.38. The number of nitrogens with two attached hydrogens (primary N) is 1. The molecule has 1 aromatic rings. The van der Waals surface area contributed by atoms with E-state index in [0.29, 0.717) is 27.5 Å². The highest BCUT2D eigenvalue weighted by Crippen LogP contribution is 2.33. The highest BCUT2D eigenvalue weighted by Gasteiger charge is 2.30. The highest BCUT2D eigenvalue weighted by atomic mass is 79.9. The van der Waals surface area contributed by atoms with E-state index in [1.54, 1.807) is 0 Å². The van der Waals surface area contributed by atoms with Crippen LogP contribution in [0.3, 0.4) is 0 Å². The van der Waals surface area contributed by atoms with Crippen LogP contribution in [0.1, 0.15) is 25.7 Å². The number of hydrogen-bond donors (Lipinski definition) is 3. The fourth-order valence-electron chi connectivity index (χ4n) is 2.34. The molecular weight excluding hydrogens is 412 g/mol. The van der Waals surface area contributed by atoms with E-state index in [1.807, 2.05) is 0 Å². The largest absolute Gasteiger partial charge is 0.399 e. The van der Waals surface area contributed by atoms with Crippen LogP contribution in [0.2, 0.25) is 0 Å². The minimum atomic E-state index is -3.73. The van der Waals surface area contributed by atoms with Crippen LogP contribution in [0, 0.1) is 0 Å². The molecule has 0 heterocycles. The molecule has 2 unspecified atom stereocenters. The maximum atomic E-state index is 12.5. The van der Waals surface area contributed by atoms with Crippen molar-refractivity contribution in [2.75, 3.05) is 5.73 Å². The summed E-state index contributed by atoms with van der Waals surface area (Å²) in [6, 6.07) is 2.64. The van der Waals surface area contributed by atoms with Gasteiger partial charge in [0.15, 0.2) is 0 Å². The SMILES string of the molecule is Nc1cc(Br)c(S(=O)(=O)NC2CCCCC2O)c(Br)c1. The van der Waals surface area contributed by atoms with Gasteiger partial charge >= 0.3 is 0 Å². The van der Waals surface area contributed by atoms with Gasteiger partial charge in [-0.3, -0.25) is 0 Å². The van der Waals surface area contributed by atoms with Gasteiger partial charge in [-0.1, -0.05) is 12.8 Å². The van der Waals surface area contributed by atoms with Crippen LogP contribution < -0.4 is 10.5 Å². The smallest absolute Gasteiger partial charge is 0.243 e. The van der Waals surface area contributed by atoms with Crippen LogP contribution in [0.5, 0.6) is 0 Å². The van der Waals surface area contributed by atoms with E-state index in [9.17, 15) is 13.5 Å². The highest BCUT2D eigenvalue weighted by molar-refractivity contribution is 9.11. The second-order valence-corrected chi connectivity index (χ2v) is 8.25. The van der Waals surface area contributed by atoms with Crippen molar-refractivity contribution in [2.45, 2.75) is 42.7 Å². The third-order valence-corrected chi connectivity index (χ3v) is 6.69. The first-order valence-electron chi connectivity index (χ1n) is 6.26. The Morgan fingerprint density at radius 1 is 1.20 bits per heavy atom. The third-order valence-electron chi connectivity index (χ3n) is 3.33. The lowest BCUT2D eigenvalue weighted by atomic mass is 9.93.